The minimum Gasteiger partial charge on any atom is -0.383 e. The number of hydrogen-bond donors (Lipinski definition) is 3. The van der Waals surface area contributed by atoms with Crippen molar-refractivity contribution in [3.8, 4) is 0 Å². The van der Waals surface area contributed by atoms with E-state index < -0.39 is 0 Å². The molecule has 1 aromatic carbocycles. The van der Waals surface area contributed by atoms with Gasteiger partial charge in [-0.15, -0.1) is 0 Å². The van der Waals surface area contributed by atoms with E-state index in [1.54, 1.807) is 7.11 Å². The Balaban J connectivity index is 1.22. The van der Waals surface area contributed by atoms with Crippen LogP contribution >= 0.6 is 0 Å². The molecule has 5 rings (SSSR count). The highest BCUT2D eigenvalue weighted by molar-refractivity contribution is 5.94. The summed E-state index contributed by atoms with van der Waals surface area (Å²) in [4.78, 5) is 12.4. The van der Waals surface area contributed by atoms with Crippen molar-refractivity contribution in [1.82, 2.24) is 16.0 Å². The quantitative estimate of drug-likeness (QED) is 0.387. The summed E-state index contributed by atoms with van der Waals surface area (Å²) < 4.78 is 11.8. The predicted molar refractivity (Wildman–Crippen MR) is 138 cm³/mol. The number of benzene rings is 1. The minimum absolute atomic E-state index is 0.0350. The van der Waals surface area contributed by atoms with Gasteiger partial charge in [0.2, 0.25) is 0 Å². The second-order valence-corrected chi connectivity index (χ2v) is 11.0. The molecule has 2 aliphatic heterocycles. The average Bonchev–Trinajstić information content (AvgIpc) is 3.33. The molecule has 192 valence electrons. The largest absolute Gasteiger partial charge is 0.383 e. The monoisotopic (exact) mass is 481 g/mol. The van der Waals surface area contributed by atoms with Gasteiger partial charge in [0.25, 0.3) is 5.91 Å². The lowest BCUT2D eigenvalue weighted by atomic mass is 9.70. The molecule has 1 saturated carbocycles. The lowest BCUT2D eigenvalue weighted by Crippen LogP contribution is -2.52. The molecule has 2 heterocycles. The second kappa shape index (κ2) is 12.0. The summed E-state index contributed by atoms with van der Waals surface area (Å²) in [6.07, 6.45) is 15.7. The number of amides is 1. The molecule has 2 aliphatic carbocycles. The Hall–Kier alpha value is -1.73. The number of carbonyl (C=O) groups is 1. The number of ether oxygens (including phenoxy) is 2. The summed E-state index contributed by atoms with van der Waals surface area (Å²) in [6.45, 7) is 3.15. The molecule has 3 N–H and O–H groups in total. The van der Waals surface area contributed by atoms with E-state index in [0.717, 1.165) is 25.9 Å². The van der Waals surface area contributed by atoms with E-state index in [1.807, 2.05) is 12.1 Å². The number of nitrogens with one attached hydrogen (secondary N) is 3. The minimum atomic E-state index is -0.0350. The molecule has 7 unspecified atom stereocenters. The number of piperidine rings is 1. The second-order valence-electron chi connectivity index (χ2n) is 11.0. The molecule has 4 aliphatic rings. The molecule has 6 heteroatoms. The molecule has 0 bridgehead atoms. The van der Waals surface area contributed by atoms with Gasteiger partial charge in [0.15, 0.2) is 0 Å². The van der Waals surface area contributed by atoms with Crippen molar-refractivity contribution in [3.63, 3.8) is 0 Å². The smallest absolute Gasteiger partial charge is 0.251 e. The van der Waals surface area contributed by atoms with Gasteiger partial charge in [0.05, 0.1) is 25.0 Å². The Kier molecular flexibility index (Phi) is 8.55. The van der Waals surface area contributed by atoms with Crippen LogP contribution < -0.4 is 16.0 Å². The van der Waals surface area contributed by atoms with Crippen molar-refractivity contribution in [2.24, 2.45) is 17.8 Å². The van der Waals surface area contributed by atoms with Crippen molar-refractivity contribution < 1.29 is 14.3 Å². The van der Waals surface area contributed by atoms with Gasteiger partial charge in [-0.1, -0.05) is 37.1 Å². The third kappa shape index (κ3) is 5.99. The zero-order chi connectivity index (χ0) is 24.0. The summed E-state index contributed by atoms with van der Waals surface area (Å²) in [7, 11) is 1.64. The van der Waals surface area contributed by atoms with Gasteiger partial charge in [-0.25, -0.2) is 0 Å². The first-order valence-electron chi connectivity index (χ1n) is 13.9. The molecule has 7 atom stereocenters. The Morgan fingerprint density at radius 3 is 2.66 bits per heavy atom. The van der Waals surface area contributed by atoms with Crippen LogP contribution in [-0.2, 0) is 9.47 Å². The summed E-state index contributed by atoms with van der Waals surface area (Å²) >= 11 is 0. The maximum atomic E-state index is 12.4. The molecule has 35 heavy (non-hydrogen) atoms. The Morgan fingerprint density at radius 1 is 1.03 bits per heavy atom. The SMILES string of the molecule is COCCNC(=O)c1ccc(C2CNC3NCC(C4CCCCC4OC4CC=CCC4)CC32)cc1. The number of rotatable bonds is 8. The molecular formula is C29H43N3O3. The number of hydrogen-bond acceptors (Lipinski definition) is 5. The van der Waals surface area contributed by atoms with Crippen LogP contribution in [-0.4, -0.2) is 57.6 Å². The fourth-order valence-corrected chi connectivity index (χ4v) is 6.94. The Bertz CT molecular complexity index is 857. The zero-order valence-corrected chi connectivity index (χ0v) is 21.2. The van der Waals surface area contributed by atoms with Crippen molar-refractivity contribution in [3.05, 3.63) is 47.5 Å². The molecule has 0 spiro atoms. The molecule has 0 aromatic heterocycles. The van der Waals surface area contributed by atoms with E-state index in [-0.39, 0.29) is 5.91 Å². The topological polar surface area (TPSA) is 71.6 Å². The predicted octanol–water partition coefficient (Wildman–Crippen LogP) is 3.99. The standard InChI is InChI=1S/C29H43N3O3/c1-34-16-15-30-29(33)21-13-11-20(12-14-21)26-19-32-28-25(26)17-22(18-31-28)24-9-5-6-10-27(24)35-23-7-3-2-4-8-23/h2-3,11-14,22-28,31-32H,4-10,15-19H2,1H3,(H,30,33). The number of methoxy groups -OCH3 is 1. The summed E-state index contributed by atoms with van der Waals surface area (Å²) in [6, 6.07) is 8.27. The van der Waals surface area contributed by atoms with Gasteiger partial charge < -0.3 is 25.4 Å². The fourth-order valence-electron chi connectivity index (χ4n) is 6.94. The number of carbonyl (C=O) groups excluding carboxylic acids is 1. The van der Waals surface area contributed by atoms with E-state index in [0.29, 0.717) is 60.8 Å². The Morgan fingerprint density at radius 2 is 1.86 bits per heavy atom. The summed E-state index contributed by atoms with van der Waals surface area (Å²) in [5.74, 6) is 2.37. The molecule has 0 radical (unpaired) electrons. The fraction of sp³-hybridized carbons (Fsp3) is 0.690. The maximum absolute atomic E-state index is 12.4. The first kappa shape index (κ1) is 24.9. The van der Waals surface area contributed by atoms with Crippen molar-refractivity contribution in [2.45, 2.75) is 75.7 Å². The zero-order valence-electron chi connectivity index (χ0n) is 21.2. The molecular weight excluding hydrogens is 438 g/mol. The highest BCUT2D eigenvalue weighted by Crippen LogP contribution is 2.43. The highest BCUT2D eigenvalue weighted by Gasteiger charge is 2.44. The van der Waals surface area contributed by atoms with Crippen molar-refractivity contribution in [1.29, 1.82) is 0 Å². The molecule has 2 saturated heterocycles. The van der Waals surface area contributed by atoms with Crippen LogP contribution in [0.1, 0.15) is 73.2 Å². The number of allylic oxidation sites excluding steroid dienone is 1. The van der Waals surface area contributed by atoms with E-state index >= 15 is 0 Å². The molecule has 1 amide bonds. The van der Waals surface area contributed by atoms with E-state index in [4.69, 9.17) is 9.47 Å². The maximum Gasteiger partial charge on any atom is 0.251 e. The van der Waals surface area contributed by atoms with Gasteiger partial charge in [-0.05, 0) is 80.5 Å². The average molecular weight is 482 g/mol. The third-order valence-corrected chi connectivity index (χ3v) is 8.82. The van der Waals surface area contributed by atoms with Crippen LogP contribution in [0, 0.1) is 17.8 Å². The normalized spacial score (nSPS) is 34.9. The van der Waals surface area contributed by atoms with Gasteiger partial charge in [-0.3, -0.25) is 4.79 Å². The van der Waals surface area contributed by atoms with Crippen molar-refractivity contribution >= 4 is 5.91 Å². The molecule has 1 aromatic rings. The first-order valence-corrected chi connectivity index (χ1v) is 13.9. The van der Waals surface area contributed by atoms with E-state index in [1.165, 1.54) is 44.1 Å². The highest BCUT2D eigenvalue weighted by atomic mass is 16.5. The third-order valence-electron chi connectivity index (χ3n) is 8.82. The molecule has 6 nitrogen and oxygen atoms in total. The summed E-state index contributed by atoms with van der Waals surface area (Å²) in [5, 5.41) is 10.5. The Labute approximate surface area is 210 Å². The van der Waals surface area contributed by atoms with E-state index in [2.05, 4.69) is 40.2 Å². The van der Waals surface area contributed by atoms with Crippen LogP contribution in [0.2, 0.25) is 0 Å². The van der Waals surface area contributed by atoms with E-state index in [9.17, 15) is 4.79 Å². The first-order chi connectivity index (χ1) is 17.2. The molecule has 3 fully saturated rings. The van der Waals surface area contributed by atoms with Gasteiger partial charge in [-0.2, -0.15) is 0 Å². The van der Waals surface area contributed by atoms with Gasteiger partial charge in [0, 0.05) is 31.7 Å². The lowest BCUT2D eigenvalue weighted by molar-refractivity contribution is -0.0821. The van der Waals surface area contributed by atoms with Crippen LogP contribution in [0.25, 0.3) is 0 Å². The van der Waals surface area contributed by atoms with Gasteiger partial charge >= 0.3 is 0 Å². The number of fused-ring (bicyclic) bond motifs is 1. The van der Waals surface area contributed by atoms with Crippen LogP contribution in [0.15, 0.2) is 36.4 Å². The van der Waals surface area contributed by atoms with Gasteiger partial charge in [0.1, 0.15) is 0 Å². The van der Waals surface area contributed by atoms with Crippen LogP contribution in [0.4, 0.5) is 0 Å². The van der Waals surface area contributed by atoms with Crippen molar-refractivity contribution in [2.75, 3.05) is 33.4 Å². The summed E-state index contributed by atoms with van der Waals surface area (Å²) in [5.41, 5.74) is 2.05. The lowest BCUT2D eigenvalue weighted by Gasteiger charge is -2.44. The van der Waals surface area contributed by atoms with Crippen LogP contribution in [0.3, 0.4) is 0 Å². The van der Waals surface area contributed by atoms with Crippen LogP contribution in [0.5, 0.6) is 0 Å².